The van der Waals surface area contributed by atoms with Crippen molar-refractivity contribution in [2.24, 2.45) is 0 Å². The van der Waals surface area contributed by atoms with Crippen LogP contribution in [0.15, 0.2) is 65.3 Å². The zero-order valence-electron chi connectivity index (χ0n) is 29.5. The Morgan fingerprint density at radius 2 is 1.13 bits per heavy atom. The van der Waals surface area contributed by atoms with Gasteiger partial charge in [0.1, 0.15) is 0 Å². The summed E-state index contributed by atoms with van der Waals surface area (Å²) in [6.07, 6.45) is 26.8. The summed E-state index contributed by atoms with van der Waals surface area (Å²) >= 11 is 0. The summed E-state index contributed by atoms with van der Waals surface area (Å²) < 4.78 is 13.0. The van der Waals surface area contributed by atoms with Crippen LogP contribution in [0.4, 0.5) is 0 Å². The fraction of sp³-hybridized carbons (Fsp3) is 0.658. The Kier molecular flexibility index (Phi) is 23.4. The van der Waals surface area contributed by atoms with Crippen LogP contribution in [0.25, 0.3) is 0 Å². The lowest BCUT2D eigenvalue weighted by atomic mass is 10.1. The van der Waals surface area contributed by atoms with Crippen LogP contribution in [0.3, 0.4) is 0 Å². The quantitative estimate of drug-likeness (QED) is 0.0442. The van der Waals surface area contributed by atoms with Crippen LogP contribution < -0.4 is 0 Å². The Bertz CT molecular complexity index is 981. The fourth-order valence-corrected chi connectivity index (χ4v) is 4.97. The third-order valence-electron chi connectivity index (χ3n) is 7.59. The maximum absolute atomic E-state index is 12.1. The smallest absolute Gasteiger partial charge is 0.330 e. The highest BCUT2D eigenvalue weighted by atomic mass is 16.5. The molecule has 0 unspecified atom stereocenters. The number of hydrogen-bond acceptors (Lipinski definition) is 6. The Labute approximate surface area is 274 Å². The summed E-state index contributed by atoms with van der Waals surface area (Å²) in [4.78, 5) is 30.9. The van der Waals surface area contributed by atoms with Gasteiger partial charge in [-0.05, 0) is 119 Å². The normalized spacial score (nSPS) is 11.9. The number of unbranched alkanes of at least 4 members (excludes halogenated alkanes) is 6. The van der Waals surface area contributed by atoms with Crippen molar-refractivity contribution in [1.82, 2.24) is 14.5 Å². The van der Waals surface area contributed by atoms with E-state index in [0.29, 0.717) is 13.2 Å². The molecule has 0 atom stereocenters. The minimum absolute atomic E-state index is 0.218. The second-order valence-electron chi connectivity index (χ2n) is 12.8. The molecular formula is C38H63N3O4. The van der Waals surface area contributed by atoms with E-state index in [0.717, 1.165) is 121 Å². The highest BCUT2D eigenvalue weighted by Crippen LogP contribution is 2.10. The lowest BCUT2D eigenvalue weighted by molar-refractivity contribution is -0.138. The largest absolute Gasteiger partial charge is 0.463 e. The number of aromatic nitrogens is 2. The highest BCUT2D eigenvalue weighted by Gasteiger charge is 2.06. The van der Waals surface area contributed by atoms with Gasteiger partial charge in [0.15, 0.2) is 0 Å². The summed E-state index contributed by atoms with van der Waals surface area (Å²) in [5.41, 5.74) is 4.75. The lowest BCUT2D eigenvalue weighted by Gasteiger charge is -2.22. The molecule has 0 N–H and O–H groups in total. The van der Waals surface area contributed by atoms with Gasteiger partial charge in [0.2, 0.25) is 0 Å². The molecular weight excluding hydrogens is 562 g/mol. The molecule has 0 fully saturated rings. The first-order valence-electron chi connectivity index (χ1n) is 17.3. The second kappa shape index (κ2) is 26.3. The zero-order valence-corrected chi connectivity index (χ0v) is 29.5. The monoisotopic (exact) mass is 625 g/mol. The number of esters is 2. The average Bonchev–Trinajstić information content (AvgIpc) is 3.49. The van der Waals surface area contributed by atoms with Gasteiger partial charge in [-0.15, -0.1) is 0 Å². The summed E-state index contributed by atoms with van der Waals surface area (Å²) in [6, 6.07) is 0. The van der Waals surface area contributed by atoms with Gasteiger partial charge >= 0.3 is 11.9 Å². The minimum Gasteiger partial charge on any atom is -0.463 e. The van der Waals surface area contributed by atoms with E-state index in [1.807, 2.05) is 32.6 Å². The average molecular weight is 626 g/mol. The molecule has 0 aliphatic heterocycles. The number of ether oxygens (including phenoxy) is 2. The van der Waals surface area contributed by atoms with Crippen molar-refractivity contribution in [2.75, 3.05) is 32.8 Å². The summed E-state index contributed by atoms with van der Waals surface area (Å²) in [7, 11) is 0. The molecule has 45 heavy (non-hydrogen) atoms. The van der Waals surface area contributed by atoms with E-state index >= 15 is 0 Å². The number of aryl methyl sites for hydroxylation is 1. The Morgan fingerprint density at radius 3 is 1.58 bits per heavy atom. The van der Waals surface area contributed by atoms with Gasteiger partial charge in [0.25, 0.3) is 0 Å². The van der Waals surface area contributed by atoms with E-state index in [4.69, 9.17) is 9.47 Å². The van der Waals surface area contributed by atoms with Crippen molar-refractivity contribution >= 4 is 11.9 Å². The first-order chi connectivity index (χ1) is 21.7. The number of allylic oxidation sites excluding steroid dienone is 6. The van der Waals surface area contributed by atoms with E-state index < -0.39 is 0 Å². The Morgan fingerprint density at radius 1 is 0.667 bits per heavy atom. The molecule has 1 heterocycles. The molecule has 1 aromatic heterocycles. The SMILES string of the molecule is CC(C)=CCC/C(C)=C/C(=O)OCCCCCCN(CCCCCCOC(=O)/C=C(\C)CCC=C(C)C)CCCn1ccnc1. The van der Waals surface area contributed by atoms with E-state index in [9.17, 15) is 9.59 Å². The van der Waals surface area contributed by atoms with Gasteiger partial charge < -0.3 is 18.9 Å². The van der Waals surface area contributed by atoms with Crippen LogP contribution in [0.1, 0.15) is 125 Å². The standard InChI is InChI=1S/C38H63N3O4/c1-33(2)18-15-20-35(5)30-37(42)44-28-13-9-7-11-23-40(25-17-26-41-27-22-39-32-41)24-12-8-10-14-29-45-38(43)31-36(6)21-16-19-34(3)4/h18-19,22,27,30-32H,7-17,20-21,23-26,28-29H2,1-6H3/b35-30+,36-31+. The maximum atomic E-state index is 12.1. The summed E-state index contributed by atoms with van der Waals surface area (Å²) in [5.74, 6) is -0.436. The lowest BCUT2D eigenvalue weighted by Crippen LogP contribution is -2.28. The number of carbonyl (C=O) groups excluding carboxylic acids is 2. The molecule has 1 aromatic rings. The van der Waals surface area contributed by atoms with E-state index in [2.05, 4.69) is 54.3 Å². The number of nitrogens with zero attached hydrogens (tertiary/aromatic N) is 3. The Hall–Kier alpha value is -2.93. The van der Waals surface area contributed by atoms with Gasteiger partial charge in [-0.25, -0.2) is 14.6 Å². The number of rotatable bonds is 26. The van der Waals surface area contributed by atoms with Gasteiger partial charge in [0.05, 0.1) is 19.5 Å². The van der Waals surface area contributed by atoms with E-state index in [1.54, 1.807) is 12.2 Å². The Balaban J connectivity index is 2.25. The number of imidazole rings is 1. The topological polar surface area (TPSA) is 73.7 Å². The summed E-state index contributed by atoms with van der Waals surface area (Å²) in [6.45, 7) is 17.6. The van der Waals surface area contributed by atoms with Gasteiger partial charge in [-0.2, -0.15) is 0 Å². The van der Waals surface area contributed by atoms with Crippen LogP contribution in [0, 0.1) is 0 Å². The number of hydrogen-bond donors (Lipinski definition) is 0. The predicted octanol–water partition coefficient (Wildman–Crippen LogP) is 9.17. The molecule has 0 saturated carbocycles. The predicted molar refractivity (Wildman–Crippen MR) is 187 cm³/mol. The van der Waals surface area contributed by atoms with Crippen molar-refractivity contribution in [3.8, 4) is 0 Å². The first kappa shape index (κ1) is 40.1. The molecule has 0 aliphatic carbocycles. The second-order valence-corrected chi connectivity index (χ2v) is 12.8. The molecule has 0 aromatic carbocycles. The van der Waals surface area contributed by atoms with Crippen LogP contribution in [0.5, 0.6) is 0 Å². The highest BCUT2D eigenvalue weighted by molar-refractivity contribution is 5.83. The first-order valence-corrected chi connectivity index (χ1v) is 17.3. The molecule has 0 bridgehead atoms. The fourth-order valence-electron chi connectivity index (χ4n) is 4.97. The molecule has 7 nitrogen and oxygen atoms in total. The third-order valence-corrected chi connectivity index (χ3v) is 7.59. The van der Waals surface area contributed by atoms with Crippen LogP contribution >= 0.6 is 0 Å². The van der Waals surface area contributed by atoms with E-state index in [1.165, 1.54) is 11.1 Å². The number of carbonyl (C=O) groups is 2. The molecule has 1 rings (SSSR count). The van der Waals surface area contributed by atoms with Crippen LogP contribution in [-0.4, -0.2) is 59.2 Å². The molecule has 0 aliphatic rings. The van der Waals surface area contributed by atoms with Gasteiger partial charge in [-0.3, -0.25) is 0 Å². The van der Waals surface area contributed by atoms with Crippen LogP contribution in [-0.2, 0) is 25.6 Å². The third kappa shape index (κ3) is 25.0. The minimum atomic E-state index is -0.218. The molecule has 0 spiro atoms. The van der Waals surface area contributed by atoms with Crippen molar-refractivity contribution in [2.45, 2.75) is 132 Å². The zero-order chi connectivity index (χ0) is 33.1. The molecule has 0 radical (unpaired) electrons. The van der Waals surface area contributed by atoms with Crippen LogP contribution in [0.2, 0.25) is 0 Å². The molecule has 0 amide bonds. The maximum Gasteiger partial charge on any atom is 0.330 e. The molecule has 254 valence electrons. The van der Waals surface area contributed by atoms with Crippen molar-refractivity contribution < 1.29 is 19.1 Å². The van der Waals surface area contributed by atoms with Gasteiger partial charge in [0, 0.05) is 31.1 Å². The molecule has 7 heteroatoms. The molecule has 0 saturated heterocycles. The summed E-state index contributed by atoms with van der Waals surface area (Å²) in [5, 5.41) is 0. The van der Waals surface area contributed by atoms with Crippen molar-refractivity contribution in [1.29, 1.82) is 0 Å². The van der Waals surface area contributed by atoms with E-state index in [-0.39, 0.29) is 11.9 Å². The van der Waals surface area contributed by atoms with Gasteiger partial charge in [-0.1, -0.05) is 60.1 Å². The van der Waals surface area contributed by atoms with Crippen molar-refractivity contribution in [3.05, 3.63) is 65.3 Å². The van der Waals surface area contributed by atoms with Crippen molar-refractivity contribution in [3.63, 3.8) is 0 Å².